The van der Waals surface area contributed by atoms with E-state index in [-0.39, 0.29) is 0 Å². The van der Waals surface area contributed by atoms with E-state index in [1.807, 2.05) is 18.2 Å². The molecule has 90 valence electrons. The van der Waals surface area contributed by atoms with Gasteiger partial charge in [0.05, 0.1) is 0 Å². The molecule has 0 aromatic heterocycles. The summed E-state index contributed by atoms with van der Waals surface area (Å²) in [7, 11) is 0. The van der Waals surface area contributed by atoms with Gasteiger partial charge in [-0.25, -0.2) is 0 Å². The molecule has 1 aromatic carbocycles. The number of anilines is 1. The molecule has 1 aromatic rings. The van der Waals surface area contributed by atoms with E-state index < -0.39 is 18.3 Å². The van der Waals surface area contributed by atoms with Gasteiger partial charge >= 0.3 is 106 Å². The number of hydrogen-bond acceptors (Lipinski definition) is 2. The number of carboxylic acid groups (broad SMARTS) is 1. The van der Waals surface area contributed by atoms with Gasteiger partial charge in [0.2, 0.25) is 0 Å². The first kappa shape index (κ1) is 13.5. The normalized spacial score (nSPS) is 9.65. The van der Waals surface area contributed by atoms with E-state index in [2.05, 4.69) is 11.9 Å². The number of carbonyl (C=O) groups excluding carboxylic acids is 1. The summed E-state index contributed by atoms with van der Waals surface area (Å²) >= 11 is 0.366. The Kier molecular flexibility index (Phi) is 5.46. The summed E-state index contributed by atoms with van der Waals surface area (Å²) in [4.78, 5) is 21.5. The predicted octanol–water partition coefficient (Wildman–Crippen LogP) is 1.03. The maximum absolute atomic E-state index is 11.2. The quantitative estimate of drug-likeness (QED) is 0.468. The third kappa shape index (κ3) is 5.33. The maximum atomic E-state index is 11.2. The van der Waals surface area contributed by atoms with Crippen molar-refractivity contribution in [2.45, 2.75) is 11.7 Å². The summed E-state index contributed by atoms with van der Waals surface area (Å²) in [6, 6.07) is 7.42. The minimum atomic E-state index is -1.13. The number of rotatable bonds is 6. The number of hydrogen-bond donors (Lipinski definition) is 2. The first-order valence-corrected chi connectivity index (χ1v) is 7.04. The van der Waals surface area contributed by atoms with Gasteiger partial charge in [-0.1, -0.05) is 0 Å². The van der Waals surface area contributed by atoms with Crippen LogP contribution in [0.25, 0.3) is 0 Å². The van der Waals surface area contributed by atoms with Gasteiger partial charge in [0.15, 0.2) is 0 Å². The van der Waals surface area contributed by atoms with Crippen LogP contribution >= 0.6 is 0 Å². The molecule has 1 rings (SSSR count). The molecular weight excluding hydrogens is 285 g/mol. The summed E-state index contributed by atoms with van der Waals surface area (Å²) in [6.45, 7) is 3.66. The van der Waals surface area contributed by atoms with Crippen molar-refractivity contribution in [1.82, 2.24) is 0 Å². The molecule has 0 heterocycles. The molecule has 2 N–H and O–H groups in total. The molecule has 5 heteroatoms. The zero-order valence-electron chi connectivity index (χ0n) is 9.18. The SMILES string of the molecule is C=CC[Se]c1ccc(NC(=O)CC(=O)O)cc1. The molecule has 0 aliphatic heterocycles. The van der Waals surface area contributed by atoms with Crippen LogP contribution in [0.5, 0.6) is 0 Å². The summed E-state index contributed by atoms with van der Waals surface area (Å²) in [5.41, 5.74) is 0.620. The van der Waals surface area contributed by atoms with Crippen molar-refractivity contribution in [2.24, 2.45) is 0 Å². The van der Waals surface area contributed by atoms with Gasteiger partial charge in [-0.05, 0) is 0 Å². The van der Waals surface area contributed by atoms with Gasteiger partial charge in [0.25, 0.3) is 0 Å². The first-order chi connectivity index (χ1) is 8.11. The van der Waals surface area contributed by atoms with Crippen LogP contribution in [0.15, 0.2) is 36.9 Å². The Morgan fingerprint density at radius 2 is 2.00 bits per heavy atom. The molecule has 0 fully saturated rings. The standard InChI is InChI=1S/C12H13NO3Se/c1-2-7-17-10-5-3-9(4-6-10)13-11(14)8-12(15)16/h2-6H,1,7-8H2,(H,13,14)(H,15,16). The van der Waals surface area contributed by atoms with E-state index in [0.717, 1.165) is 5.32 Å². The first-order valence-electron chi connectivity index (χ1n) is 4.97. The van der Waals surface area contributed by atoms with Gasteiger partial charge in [-0.15, -0.1) is 0 Å². The van der Waals surface area contributed by atoms with Crippen molar-refractivity contribution in [3.8, 4) is 0 Å². The zero-order valence-corrected chi connectivity index (χ0v) is 10.9. The molecule has 0 saturated heterocycles. The Morgan fingerprint density at radius 3 is 2.53 bits per heavy atom. The molecular formula is C12H13NO3Se. The predicted molar refractivity (Wildman–Crippen MR) is 67.7 cm³/mol. The summed E-state index contributed by atoms with van der Waals surface area (Å²) in [5.74, 6) is -1.64. The Bertz CT molecular complexity index is 414. The van der Waals surface area contributed by atoms with E-state index >= 15 is 0 Å². The number of carboxylic acids is 1. The van der Waals surface area contributed by atoms with Crippen molar-refractivity contribution in [3.63, 3.8) is 0 Å². The fourth-order valence-electron chi connectivity index (χ4n) is 1.13. The summed E-state index contributed by atoms with van der Waals surface area (Å²) < 4.78 is 1.22. The second-order valence-corrected chi connectivity index (χ2v) is 5.54. The average molecular weight is 298 g/mol. The van der Waals surface area contributed by atoms with E-state index in [9.17, 15) is 9.59 Å². The van der Waals surface area contributed by atoms with Crippen molar-refractivity contribution in [1.29, 1.82) is 0 Å². The van der Waals surface area contributed by atoms with Crippen molar-refractivity contribution in [3.05, 3.63) is 36.9 Å². The van der Waals surface area contributed by atoms with Crippen LogP contribution in [0.3, 0.4) is 0 Å². The second-order valence-electron chi connectivity index (χ2n) is 3.24. The van der Waals surface area contributed by atoms with Crippen molar-refractivity contribution in [2.75, 3.05) is 5.32 Å². The number of amides is 1. The second kappa shape index (κ2) is 6.89. The molecule has 17 heavy (non-hydrogen) atoms. The van der Waals surface area contributed by atoms with Crippen LogP contribution in [0, 0.1) is 0 Å². The number of carbonyl (C=O) groups is 2. The molecule has 0 atom stereocenters. The minimum absolute atomic E-state index is 0.366. The van der Waals surface area contributed by atoms with Crippen molar-refractivity contribution >= 4 is 37.0 Å². The van der Waals surface area contributed by atoms with Gasteiger partial charge in [0, 0.05) is 0 Å². The molecule has 0 bridgehead atoms. The topological polar surface area (TPSA) is 66.4 Å². The molecule has 0 radical (unpaired) electrons. The van der Waals surface area contributed by atoms with E-state index in [1.54, 1.807) is 12.1 Å². The van der Waals surface area contributed by atoms with Gasteiger partial charge in [0.1, 0.15) is 0 Å². The summed E-state index contributed by atoms with van der Waals surface area (Å²) in [6.07, 6.45) is 1.37. The summed E-state index contributed by atoms with van der Waals surface area (Å²) in [5, 5.41) is 11.9. The number of nitrogens with one attached hydrogen (secondary N) is 1. The van der Waals surface area contributed by atoms with Crippen molar-refractivity contribution < 1.29 is 14.7 Å². The van der Waals surface area contributed by atoms with Crippen LogP contribution in [-0.2, 0) is 9.59 Å². The molecule has 0 unspecified atom stereocenters. The number of benzene rings is 1. The van der Waals surface area contributed by atoms with Gasteiger partial charge in [-0.2, -0.15) is 0 Å². The molecule has 0 saturated carbocycles. The molecule has 4 nitrogen and oxygen atoms in total. The third-order valence-electron chi connectivity index (χ3n) is 1.82. The Labute approximate surface area is 106 Å². The Hall–Kier alpha value is -1.58. The Balaban J connectivity index is 2.52. The molecule has 0 aliphatic rings. The van der Waals surface area contributed by atoms with E-state index in [4.69, 9.17) is 5.11 Å². The third-order valence-corrected chi connectivity index (χ3v) is 3.93. The number of allylic oxidation sites excluding steroid dienone is 1. The zero-order chi connectivity index (χ0) is 12.7. The fourth-order valence-corrected chi connectivity index (χ4v) is 2.47. The monoisotopic (exact) mass is 299 g/mol. The van der Waals surface area contributed by atoms with Crippen LogP contribution in [0.1, 0.15) is 6.42 Å². The number of aliphatic carboxylic acids is 1. The van der Waals surface area contributed by atoms with Gasteiger partial charge < -0.3 is 0 Å². The van der Waals surface area contributed by atoms with Crippen LogP contribution in [-0.4, -0.2) is 31.9 Å². The van der Waals surface area contributed by atoms with Gasteiger partial charge in [-0.3, -0.25) is 0 Å². The van der Waals surface area contributed by atoms with E-state index in [1.165, 1.54) is 4.46 Å². The molecule has 0 aliphatic carbocycles. The van der Waals surface area contributed by atoms with E-state index in [0.29, 0.717) is 20.6 Å². The van der Waals surface area contributed by atoms with Crippen LogP contribution in [0.2, 0.25) is 5.32 Å². The molecule has 1 amide bonds. The van der Waals surface area contributed by atoms with Crippen LogP contribution < -0.4 is 9.78 Å². The molecule has 0 spiro atoms. The van der Waals surface area contributed by atoms with Crippen LogP contribution in [0.4, 0.5) is 5.69 Å². The average Bonchev–Trinajstić information content (AvgIpc) is 2.27. The fraction of sp³-hybridized carbons (Fsp3) is 0.167. The Morgan fingerprint density at radius 1 is 1.35 bits per heavy atom.